The van der Waals surface area contributed by atoms with Crippen molar-refractivity contribution in [2.45, 2.75) is 19.8 Å². The summed E-state index contributed by atoms with van der Waals surface area (Å²) in [6.07, 6.45) is 1.63. The van der Waals surface area contributed by atoms with E-state index in [2.05, 4.69) is 0 Å². The van der Waals surface area contributed by atoms with Gasteiger partial charge in [0.15, 0.2) is 5.78 Å². The van der Waals surface area contributed by atoms with E-state index in [4.69, 9.17) is 15.2 Å². The lowest BCUT2D eigenvalue weighted by molar-refractivity contribution is 0.0920. The van der Waals surface area contributed by atoms with Crippen molar-refractivity contribution in [2.24, 2.45) is 11.7 Å². The smallest absolute Gasteiger partial charge is 0.169 e. The first kappa shape index (κ1) is 14.5. The summed E-state index contributed by atoms with van der Waals surface area (Å²) in [4.78, 5) is 12.3. The monoisotopic (exact) mass is 251 g/mol. The molecule has 0 bridgehead atoms. The van der Waals surface area contributed by atoms with Gasteiger partial charge >= 0.3 is 0 Å². The predicted octanol–water partition coefficient (Wildman–Crippen LogP) is 2.26. The van der Waals surface area contributed by atoms with Crippen LogP contribution in [0.2, 0.25) is 0 Å². The van der Waals surface area contributed by atoms with E-state index in [1.54, 1.807) is 32.4 Å². The Balaban J connectivity index is 2.95. The fourth-order valence-electron chi connectivity index (χ4n) is 1.83. The van der Waals surface area contributed by atoms with E-state index in [-0.39, 0.29) is 11.7 Å². The molecular weight excluding hydrogens is 230 g/mol. The lowest BCUT2D eigenvalue weighted by Gasteiger charge is -2.13. The summed E-state index contributed by atoms with van der Waals surface area (Å²) >= 11 is 0. The number of methoxy groups -OCH3 is 2. The lowest BCUT2D eigenvalue weighted by atomic mass is 9.94. The number of rotatable bonds is 7. The second kappa shape index (κ2) is 7.01. The Morgan fingerprint density at radius 1 is 1.33 bits per heavy atom. The number of benzene rings is 1. The van der Waals surface area contributed by atoms with Gasteiger partial charge in [-0.2, -0.15) is 0 Å². The number of ether oxygens (including phenoxy) is 2. The Bertz CT molecular complexity index is 404. The molecule has 0 aliphatic heterocycles. The standard InChI is InChI=1S/C14H21NO3/c1-10(5-4-8-15)14(16)12-9-11(17-2)6-7-13(12)18-3/h6-7,9-10H,4-5,8,15H2,1-3H3. The molecule has 1 unspecified atom stereocenters. The third-order valence-corrected chi connectivity index (χ3v) is 2.96. The highest BCUT2D eigenvalue weighted by Gasteiger charge is 2.19. The zero-order chi connectivity index (χ0) is 13.5. The average Bonchev–Trinajstić information content (AvgIpc) is 2.43. The topological polar surface area (TPSA) is 61.5 Å². The molecule has 0 aromatic heterocycles. The number of ketones is 1. The number of hydrogen-bond donors (Lipinski definition) is 1. The van der Waals surface area contributed by atoms with Crippen molar-refractivity contribution in [3.05, 3.63) is 23.8 Å². The molecule has 4 nitrogen and oxygen atoms in total. The van der Waals surface area contributed by atoms with Gasteiger partial charge in [0.25, 0.3) is 0 Å². The van der Waals surface area contributed by atoms with E-state index in [0.717, 1.165) is 12.8 Å². The normalized spacial score (nSPS) is 12.0. The van der Waals surface area contributed by atoms with Gasteiger partial charge in [-0.25, -0.2) is 0 Å². The number of nitrogens with two attached hydrogens (primary N) is 1. The molecule has 1 rings (SSSR count). The van der Waals surface area contributed by atoms with Gasteiger partial charge < -0.3 is 15.2 Å². The second-order valence-corrected chi connectivity index (χ2v) is 4.26. The molecule has 0 spiro atoms. The van der Waals surface area contributed by atoms with E-state index in [0.29, 0.717) is 23.6 Å². The molecule has 1 aromatic rings. The minimum atomic E-state index is -0.0606. The highest BCUT2D eigenvalue weighted by atomic mass is 16.5. The van der Waals surface area contributed by atoms with Crippen molar-refractivity contribution < 1.29 is 14.3 Å². The number of carbonyl (C=O) groups excluding carboxylic acids is 1. The van der Waals surface area contributed by atoms with Crippen molar-refractivity contribution >= 4 is 5.78 Å². The molecule has 2 N–H and O–H groups in total. The molecule has 4 heteroatoms. The molecule has 0 fully saturated rings. The Kier molecular flexibility index (Phi) is 5.65. The molecule has 0 radical (unpaired) electrons. The number of hydrogen-bond acceptors (Lipinski definition) is 4. The molecule has 100 valence electrons. The Morgan fingerprint density at radius 3 is 2.61 bits per heavy atom. The summed E-state index contributed by atoms with van der Waals surface area (Å²) in [6, 6.07) is 5.25. The molecule has 1 aromatic carbocycles. The van der Waals surface area contributed by atoms with Gasteiger partial charge in [-0.15, -0.1) is 0 Å². The van der Waals surface area contributed by atoms with Crippen LogP contribution >= 0.6 is 0 Å². The quantitative estimate of drug-likeness (QED) is 0.755. The molecular formula is C14H21NO3. The van der Waals surface area contributed by atoms with E-state index in [1.807, 2.05) is 6.92 Å². The summed E-state index contributed by atoms with van der Waals surface area (Å²) < 4.78 is 10.4. The molecule has 18 heavy (non-hydrogen) atoms. The van der Waals surface area contributed by atoms with Crippen LogP contribution in [0.4, 0.5) is 0 Å². The van der Waals surface area contributed by atoms with Crippen molar-refractivity contribution in [1.29, 1.82) is 0 Å². The molecule has 1 atom stereocenters. The van der Waals surface area contributed by atoms with Crippen molar-refractivity contribution in [3.8, 4) is 11.5 Å². The first-order chi connectivity index (χ1) is 8.63. The van der Waals surface area contributed by atoms with E-state index < -0.39 is 0 Å². The lowest BCUT2D eigenvalue weighted by Crippen LogP contribution is -2.14. The van der Waals surface area contributed by atoms with E-state index >= 15 is 0 Å². The molecule has 0 saturated heterocycles. The first-order valence-electron chi connectivity index (χ1n) is 6.10. The zero-order valence-electron chi connectivity index (χ0n) is 11.2. The summed E-state index contributed by atoms with van der Waals surface area (Å²) in [5.41, 5.74) is 6.03. The van der Waals surface area contributed by atoms with Crippen LogP contribution in [0, 0.1) is 5.92 Å². The minimum Gasteiger partial charge on any atom is -0.497 e. The van der Waals surface area contributed by atoms with Gasteiger partial charge in [0.1, 0.15) is 11.5 Å². The summed E-state index contributed by atoms with van der Waals surface area (Å²) in [6.45, 7) is 2.52. The Labute approximate surface area is 108 Å². The van der Waals surface area contributed by atoms with Crippen molar-refractivity contribution in [3.63, 3.8) is 0 Å². The van der Waals surface area contributed by atoms with Crippen LogP contribution in [-0.2, 0) is 0 Å². The molecule has 0 aliphatic rings. The van der Waals surface area contributed by atoms with Crippen LogP contribution in [-0.4, -0.2) is 26.5 Å². The van der Waals surface area contributed by atoms with Gasteiger partial charge in [-0.1, -0.05) is 6.92 Å². The van der Waals surface area contributed by atoms with Crippen LogP contribution in [0.25, 0.3) is 0 Å². The minimum absolute atomic E-state index is 0.0606. The van der Waals surface area contributed by atoms with Gasteiger partial charge in [-0.3, -0.25) is 4.79 Å². The van der Waals surface area contributed by atoms with Crippen LogP contribution in [0.15, 0.2) is 18.2 Å². The largest absolute Gasteiger partial charge is 0.497 e. The highest BCUT2D eigenvalue weighted by Crippen LogP contribution is 2.27. The first-order valence-corrected chi connectivity index (χ1v) is 6.10. The van der Waals surface area contributed by atoms with Crippen LogP contribution < -0.4 is 15.2 Å². The SMILES string of the molecule is COc1ccc(OC)c(C(=O)C(C)CCCN)c1. The van der Waals surface area contributed by atoms with Crippen LogP contribution in [0.1, 0.15) is 30.1 Å². The average molecular weight is 251 g/mol. The second-order valence-electron chi connectivity index (χ2n) is 4.26. The number of Topliss-reactive ketones (excluding diaryl/α,β-unsaturated/α-hetero) is 1. The maximum Gasteiger partial charge on any atom is 0.169 e. The van der Waals surface area contributed by atoms with Gasteiger partial charge in [0.2, 0.25) is 0 Å². The third-order valence-electron chi connectivity index (χ3n) is 2.96. The maximum atomic E-state index is 12.3. The van der Waals surface area contributed by atoms with Gasteiger partial charge in [0.05, 0.1) is 19.8 Å². The van der Waals surface area contributed by atoms with Crippen molar-refractivity contribution in [1.82, 2.24) is 0 Å². The van der Waals surface area contributed by atoms with E-state index in [9.17, 15) is 4.79 Å². The third kappa shape index (κ3) is 3.47. The van der Waals surface area contributed by atoms with E-state index in [1.165, 1.54) is 0 Å². The molecule has 0 aliphatic carbocycles. The zero-order valence-corrected chi connectivity index (χ0v) is 11.2. The Hall–Kier alpha value is -1.55. The summed E-state index contributed by atoms with van der Waals surface area (Å²) in [5.74, 6) is 1.25. The Morgan fingerprint density at radius 2 is 2.06 bits per heavy atom. The predicted molar refractivity (Wildman–Crippen MR) is 71.3 cm³/mol. The van der Waals surface area contributed by atoms with Gasteiger partial charge in [0, 0.05) is 5.92 Å². The fraction of sp³-hybridized carbons (Fsp3) is 0.500. The van der Waals surface area contributed by atoms with Gasteiger partial charge in [-0.05, 0) is 37.6 Å². The fourth-order valence-corrected chi connectivity index (χ4v) is 1.83. The maximum absolute atomic E-state index is 12.3. The molecule has 0 saturated carbocycles. The molecule has 0 amide bonds. The summed E-state index contributed by atoms with van der Waals surface area (Å²) in [7, 11) is 3.14. The number of carbonyl (C=O) groups is 1. The molecule has 0 heterocycles. The highest BCUT2D eigenvalue weighted by molar-refractivity contribution is 6.00. The van der Waals surface area contributed by atoms with Crippen LogP contribution in [0.5, 0.6) is 11.5 Å². The van der Waals surface area contributed by atoms with Crippen molar-refractivity contribution in [2.75, 3.05) is 20.8 Å². The summed E-state index contributed by atoms with van der Waals surface area (Å²) in [5, 5.41) is 0. The van der Waals surface area contributed by atoms with Crippen LogP contribution in [0.3, 0.4) is 0 Å².